The minimum Gasteiger partial charge on any atom is -0.330 e. The molecule has 102 valence electrons. The van der Waals surface area contributed by atoms with Gasteiger partial charge in [-0.3, -0.25) is 0 Å². The molecule has 1 aliphatic rings. The monoisotopic (exact) mass is 263 g/mol. The standard InChI is InChI=1S/C11H25N3O2S/c1-10(2)9-13-17(15,16)14(8-4-7-12)11-5-3-6-11/h10-11,13H,3-9,12H2,1-2H3. The van der Waals surface area contributed by atoms with Gasteiger partial charge in [0.05, 0.1) is 0 Å². The van der Waals surface area contributed by atoms with Crippen molar-refractivity contribution in [3.63, 3.8) is 0 Å². The molecule has 0 amide bonds. The summed E-state index contributed by atoms with van der Waals surface area (Å²) in [7, 11) is -3.32. The van der Waals surface area contributed by atoms with Crippen LogP contribution in [0.4, 0.5) is 0 Å². The van der Waals surface area contributed by atoms with Gasteiger partial charge in [0, 0.05) is 19.1 Å². The molecule has 1 rings (SSSR count). The normalized spacial score (nSPS) is 17.7. The quantitative estimate of drug-likeness (QED) is 0.676. The fraction of sp³-hybridized carbons (Fsp3) is 1.00. The molecule has 0 saturated heterocycles. The molecule has 0 radical (unpaired) electrons. The molecular formula is C11H25N3O2S. The number of rotatable bonds is 8. The predicted molar refractivity (Wildman–Crippen MR) is 69.8 cm³/mol. The van der Waals surface area contributed by atoms with Gasteiger partial charge in [-0.1, -0.05) is 20.3 Å². The van der Waals surface area contributed by atoms with E-state index in [4.69, 9.17) is 5.73 Å². The largest absolute Gasteiger partial charge is 0.330 e. The fourth-order valence-corrected chi connectivity index (χ4v) is 3.46. The highest BCUT2D eigenvalue weighted by atomic mass is 32.2. The minimum absolute atomic E-state index is 0.186. The van der Waals surface area contributed by atoms with E-state index in [1.165, 1.54) is 0 Å². The lowest BCUT2D eigenvalue weighted by Crippen LogP contribution is -2.50. The highest BCUT2D eigenvalue weighted by Gasteiger charge is 2.32. The van der Waals surface area contributed by atoms with E-state index in [2.05, 4.69) is 4.72 Å². The Hall–Kier alpha value is -0.170. The van der Waals surface area contributed by atoms with Crippen molar-refractivity contribution in [2.75, 3.05) is 19.6 Å². The lowest BCUT2D eigenvalue weighted by molar-refractivity contribution is 0.216. The van der Waals surface area contributed by atoms with Crippen LogP contribution in [-0.4, -0.2) is 38.4 Å². The zero-order valence-corrected chi connectivity index (χ0v) is 11.7. The van der Waals surface area contributed by atoms with Crippen molar-refractivity contribution in [3.05, 3.63) is 0 Å². The summed E-state index contributed by atoms with van der Waals surface area (Å²) in [5.41, 5.74) is 5.46. The predicted octanol–water partition coefficient (Wildman–Crippen LogP) is 0.680. The maximum absolute atomic E-state index is 12.1. The summed E-state index contributed by atoms with van der Waals surface area (Å²) in [6.45, 7) is 5.55. The average Bonchev–Trinajstić information content (AvgIpc) is 2.18. The van der Waals surface area contributed by atoms with E-state index in [1.54, 1.807) is 4.31 Å². The fourth-order valence-electron chi connectivity index (χ4n) is 1.78. The second-order valence-electron chi connectivity index (χ2n) is 5.09. The molecule has 5 nitrogen and oxygen atoms in total. The molecule has 1 aliphatic carbocycles. The number of nitrogens with two attached hydrogens (primary N) is 1. The van der Waals surface area contributed by atoms with Crippen LogP contribution in [0.2, 0.25) is 0 Å². The Morgan fingerprint density at radius 3 is 2.47 bits per heavy atom. The lowest BCUT2D eigenvalue weighted by atomic mass is 9.93. The van der Waals surface area contributed by atoms with E-state index in [0.29, 0.717) is 25.6 Å². The van der Waals surface area contributed by atoms with Crippen molar-refractivity contribution in [3.8, 4) is 0 Å². The minimum atomic E-state index is -3.32. The number of hydrogen-bond acceptors (Lipinski definition) is 3. The molecule has 0 unspecified atom stereocenters. The van der Waals surface area contributed by atoms with E-state index < -0.39 is 10.2 Å². The first-order valence-corrected chi connectivity index (χ1v) is 7.88. The van der Waals surface area contributed by atoms with Gasteiger partial charge in [0.15, 0.2) is 0 Å². The molecule has 0 heterocycles. The van der Waals surface area contributed by atoms with Crippen molar-refractivity contribution >= 4 is 10.2 Å². The first-order valence-electron chi connectivity index (χ1n) is 6.44. The Kier molecular flexibility index (Phi) is 5.85. The second kappa shape index (κ2) is 6.68. The van der Waals surface area contributed by atoms with E-state index in [0.717, 1.165) is 25.7 Å². The van der Waals surface area contributed by atoms with Crippen LogP contribution < -0.4 is 10.5 Å². The summed E-state index contributed by atoms with van der Waals surface area (Å²) >= 11 is 0. The maximum Gasteiger partial charge on any atom is 0.279 e. The van der Waals surface area contributed by atoms with Gasteiger partial charge in [-0.2, -0.15) is 12.7 Å². The zero-order valence-electron chi connectivity index (χ0n) is 10.9. The van der Waals surface area contributed by atoms with Gasteiger partial charge in [-0.15, -0.1) is 0 Å². The van der Waals surface area contributed by atoms with Gasteiger partial charge >= 0.3 is 0 Å². The van der Waals surface area contributed by atoms with E-state index >= 15 is 0 Å². The molecule has 1 saturated carbocycles. The van der Waals surface area contributed by atoms with Crippen molar-refractivity contribution < 1.29 is 8.42 Å². The summed E-state index contributed by atoms with van der Waals surface area (Å²) in [4.78, 5) is 0. The molecule has 0 aromatic heterocycles. The van der Waals surface area contributed by atoms with Gasteiger partial charge in [-0.25, -0.2) is 4.72 Å². The van der Waals surface area contributed by atoms with Crippen molar-refractivity contribution in [2.24, 2.45) is 11.7 Å². The second-order valence-corrected chi connectivity index (χ2v) is 6.79. The third-order valence-electron chi connectivity index (χ3n) is 3.05. The topological polar surface area (TPSA) is 75.4 Å². The number of nitrogens with one attached hydrogen (secondary N) is 1. The van der Waals surface area contributed by atoms with Crippen LogP contribution >= 0.6 is 0 Å². The van der Waals surface area contributed by atoms with Crippen LogP contribution in [0.5, 0.6) is 0 Å². The molecule has 6 heteroatoms. The summed E-state index contributed by atoms with van der Waals surface area (Å²) < 4.78 is 28.6. The summed E-state index contributed by atoms with van der Waals surface area (Å²) in [5.74, 6) is 0.322. The summed E-state index contributed by atoms with van der Waals surface area (Å²) in [6, 6.07) is 0.186. The number of hydrogen-bond donors (Lipinski definition) is 2. The molecule has 0 aliphatic heterocycles. The summed E-state index contributed by atoms with van der Waals surface area (Å²) in [5, 5.41) is 0. The highest BCUT2D eigenvalue weighted by molar-refractivity contribution is 7.87. The zero-order chi connectivity index (χ0) is 12.9. The Labute approximate surface area is 105 Å². The molecular weight excluding hydrogens is 238 g/mol. The third-order valence-corrected chi connectivity index (χ3v) is 4.68. The lowest BCUT2D eigenvalue weighted by Gasteiger charge is -2.36. The van der Waals surface area contributed by atoms with Crippen LogP contribution in [0.25, 0.3) is 0 Å². The van der Waals surface area contributed by atoms with Gasteiger partial charge in [0.25, 0.3) is 10.2 Å². The smallest absolute Gasteiger partial charge is 0.279 e. The van der Waals surface area contributed by atoms with Gasteiger partial charge in [0.2, 0.25) is 0 Å². The molecule has 17 heavy (non-hydrogen) atoms. The van der Waals surface area contributed by atoms with E-state index in [9.17, 15) is 8.42 Å². The Bertz CT molecular complexity index is 313. The SMILES string of the molecule is CC(C)CNS(=O)(=O)N(CCCN)C1CCC1. The van der Waals surface area contributed by atoms with Crippen LogP contribution in [0.15, 0.2) is 0 Å². The van der Waals surface area contributed by atoms with Crippen LogP contribution in [0.3, 0.4) is 0 Å². The molecule has 0 spiro atoms. The van der Waals surface area contributed by atoms with E-state index in [-0.39, 0.29) is 6.04 Å². The first kappa shape index (κ1) is 14.9. The van der Waals surface area contributed by atoms with Crippen molar-refractivity contribution in [2.45, 2.75) is 45.6 Å². The van der Waals surface area contributed by atoms with Crippen LogP contribution in [0.1, 0.15) is 39.5 Å². The van der Waals surface area contributed by atoms with Gasteiger partial charge < -0.3 is 5.73 Å². The van der Waals surface area contributed by atoms with E-state index in [1.807, 2.05) is 13.8 Å². The Morgan fingerprint density at radius 1 is 1.41 bits per heavy atom. The molecule has 3 N–H and O–H groups in total. The van der Waals surface area contributed by atoms with Crippen LogP contribution in [0, 0.1) is 5.92 Å². The molecule has 1 fully saturated rings. The number of nitrogens with zero attached hydrogens (tertiary/aromatic N) is 1. The molecule has 0 atom stereocenters. The average molecular weight is 263 g/mol. The first-order chi connectivity index (χ1) is 7.97. The van der Waals surface area contributed by atoms with Crippen molar-refractivity contribution in [1.82, 2.24) is 9.03 Å². The molecule has 0 aromatic rings. The maximum atomic E-state index is 12.1. The Balaban J connectivity index is 2.59. The van der Waals surface area contributed by atoms with Crippen LogP contribution in [-0.2, 0) is 10.2 Å². The van der Waals surface area contributed by atoms with Gasteiger partial charge in [0.1, 0.15) is 0 Å². The van der Waals surface area contributed by atoms with Gasteiger partial charge in [-0.05, 0) is 31.7 Å². The third kappa shape index (κ3) is 4.54. The molecule has 0 aromatic carbocycles. The van der Waals surface area contributed by atoms with Crippen molar-refractivity contribution in [1.29, 1.82) is 0 Å². The molecule has 0 bridgehead atoms. The highest BCUT2D eigenvalue weighted by Crippen LogP contribution is 2.26. The summed E-state index contributed by atoms with van der Waals surface area (Å²) in [6.07, 6.45) is 3.81. The Morgan fingerprint density at radius 2 is 2.06 bits per heavy atom.